The maximum atomic E-state index is 11.7. The van der Waals surface area contributed by atoms with Gasteiger partial charge >= 0.3 is 0 Å². The molecule has 1 amide bonds. The van der Waals surface area contributed by atoms with Crippen LogP contribution in [0.4, 0.5) is 0 Å². The third-order valence-corrected chi connectivity index (χ3v) is 2.71. The SMILES string of the molecule is Cc1ccccc1-c1n[nH]c(C)c1C(=O)NN. The van der Waals surface area contributed by atoms with E-state index in [0.29, 0.717) is 17.0 Å². The Morgan fingerprint density at radius 2 is 2.06 bits per heavy atom. The van der Waals surface area contributed by atoms with Gasteiger partial charge in [0.15, 0.2) is 0 Å². The summed E-state index contributed by atoms with van der Waals surface area (Å²) in [4.78, 5) is 11.7. The van der Waals surface area contributed by atoms with Crippen molar-refractivity contribution in [2.24, 2.45) is 5.84 Å². The second-order valence-electron chi connectivity index (χ2n) is 3.86. The number of hydrogen-bond donors (Lipinski definition) is 3. The minimum Gasteiger partial charge on any atom is -0.290 e. The number of rotatable bonds is 2. The predicted octanol–water partition coefficient (Wildman–Crippen LogP) is 1.30. The average molecular weight is 230 g/mol. The molecular weight excluding hydrogens is 216 g/mol. The molecule has 4 N–H and O–H groups in total. The van der Waals surface area contributed by atoms with E-state index in [1.54, 1.807) is 6.92 Å². The molecule has 2 aromatic rings. The van der Waals surface area contributed by atoms with E-state index >= 15 is 0 Å². The molecule has 2 rings (SSSR count). The van der Waals surface area contributed by atoms with Crippen LogP contribution in [-0.4, -0.2) is 16.1 Å². The highest BCUT2D eigenvalue weighted by atomic mass is 16.2. The summed E-state index contributed by atoms with van der Waals surface area (Å²) in [5.74, 6) is 4.84. The zero-order valence-corrected chi connectivity index (χ0v) is 9.74. The molecule has 0 aliphatic carbocycles. The Labute approximate surface area is 99.0 Å². The summed E-state index contributed by atoms with van der Waals surface area (Å²) < 4.78 is 0. The van der Waals surface area contributed by atoms with E-state index in [9.17, 15) is 4.79 Å². The molecular formula is C12H14N4O. The Balaban J connectivity index is 2.61. The predicted molar refractivity (Wildman–Crippen MR) is 65.2 cm³/mol. The number of aromatic amines is 1. The molecule has 0 aliphatic heterocycles. The molecule has 0 radical (unpaired) electrons. The normalized spacial score (nSPS) is 10.3. The van der Waals surface area contributed by atoms with Gasteiger partial charge in [-0.3, -0.25) is 15.3 Å². The largest absolute Gasteiger partial charge is 0.290 e. The fourth-order valence-electron chi connectivity index (χ4n) is 1.81. The van der Waals surface area contributed by atoms with E-state index in [1.807, 2.05) is 31.2 Å². The molecule has 1 aromatic heterocycles. The first kappa shape index (κ1) is 11.3. The number of hydrogen-bond acceptors (Lipinski definition) is 3. The van der Waals surface area contributed by atoms with Crippen molar-refractivity contribution in [2.75, 3.05) is 0 Å². The maximum absolute atomic E-state index is 11.7. The number of benzene rings is 1. The van der Waals surface area contributed by atoms with Crippen LogP contribution in [-0.2, 0) is 0 Å². The number of aryl methyl sites for hydroxylation is 2. The van der Waals surface area contributed by atoms with E-state index < -0.39 is 0 Å². The first-order valence-corrected chi connectivity index (χ1v) is 5.27. The van der Waals surface area contributed by atoms with Crippen molar-refractivity contribution in [3.8, 4) is 11.3 Å². The number of nitrogen functional groups attached to an aromatic ring is 1. The third-order valence-electron chi connectivity index (χ3n) is 2.71. The van der Waals surface area contributed by atoms with Crippen LogP contribution in [0.5, 0.6) is 0 Å². The Morgan fingerprint density at radius 3 is 2.71 bits per heavy atom. The van der Waals surface area contributed by atoms with Gasteiger partial charge in [-0.15, -0.1) is 0 Å². The Kier molecular flexibility index (Phi) is 2.93. The van der Waals surface area contributed by atoms with Crippen molar-refractivity contribution in [2.45, 2.75) is 13.8 Å². The number of nitrogens with two attached hydrogens (primary N) is 1. The number of H-pyrrole nitrogens is 1. The van der Waals surface area contributed by atoms with E-state index in [2.05, 4.69) is 15.6 Å². The molecule has 5 heteroatoms. The van der Waals surface area contributed by atoms with Crippen molar-refractivity contribution >= 4 is 5.91 Å². The lowest BCUT2D eigenvalue weighted by Gasteiger charge is -2.05. The van der Waals surface area contributed by atoms with Gasteiger partial charge in [0.05, 0.1) is 5.56 Å². The molecule has 1 aromatic carbocycles. The van der Waals surface area contributed by atoms with E-state index in [0.717, 1.165) is 11.1 Å². The van der Waals surface area contributed by atoms with Gasteiger partial charge in [-0.25, -0.2) is 5.84 Å². The van der Waals surface area contributed by atoms with Crippen LogP contribution in [0.25, 0.3) is 11.3 Å². The molecule has 0 aliphatic rings. The lowest BCUT2D eigenvalue weighted by atomic mass is 10.0. The van der Waals surface area contributed by atoms with Gasteiger partial charge in [-0.2, -0.15) is 5.10 Å². The van der Waals surface area contributed by atoms with Gasteiger partial charge in [-0.05, 0) is 19.4 Å². The Hall–Kier alpha value is -2.14. The van der Waals surface area contributed by atoms with Gasteiger partial charge in [0.1, 0.15) is 5.69 Å². The highest BCUT2D eigenvalue weighted by molar-refractivity contribution is 6.00. The summed E-state index contributed by atoms with van der Waals surface area (Å²) in [5, 5.41) is 6.99. The molecule has 88 valence electrons. The molecule has 1 heterocycles. The molecule has 0 fully saturated rings. The lowest BCUT2D eigenvalue weighted by molar-refractivity contribution is 0.0954. The summed E-state index contributed by atoms with van der Waals surface area (Å²) in [6, 6.07) is 7.76. The minimum atomic E-state index is -0.338. The summed E-state index contributed by atoms with van der Waals surface area (Å²) >= 11 is 0. The van der Waals surface area contributed by atoms with Crippen LogP contribution < -0.4 is 11.3 Å². The molecule has 0 saturated heterocycles. The van der Waals surface area contributed by atoms with Gasteiger partial charge in [-0.1, -0.05) is 24.3 Å². The molecule has 5 nitrogen and oxygen atoms in total. The zero-order chi connectivity index (χ0) is 12.4. The van der Waals surface area contributed by atoms with Crippen LogP contribution in [0.15, 0.2) is 24.3 Å². The summed E-state index contributed by atoms with van der Waals surface area (Å²) in [7, 11) is 0. The third kappa shape index (κ3) is 1.92. The van der Waals surface area contributed by atoms with Crippen LogP contribution in [0.1, 0.15) is 21.6 Å². The van der Waals surface area contributed by atoms with Gasteiger partial charge in [0.25, 0.3) is 5.91 Å². The monoisotopic (exact) mass is 230 g/mol. The Bertz CT molecular complexity index is 559. The molecule has 0 spiro atoms. The number of amides is 1. The van der Waals surface area contributed by atoms with Crippen LogP contribution >= 0.6 is 0 Å². The molecule has 17 heavy (non-hydrogen) atoms. The first-order valence-electron chi connectivity index (χ1n) is 5.27. The van der Waals surface area contributed by atoms with Crippen molar-refractivity contribution in [3.63, 3.8) is 0 Å². The summed E-state index contributed by atoms with van der Waals surface area (Å²) in [6.45, 7) is 3.77. The molecule has 0 saturated carbocycles. The van der Waals surface area contributed by atoms with Crippen molar-refractivity contribution in [3.05, 3.63) is 41.1 Å². The molecule has 0 unspecified atom stereocenters. The average Bonchev–Trinajstić information content (AvgIpc) is 2.71. The maximum Gasteiger partial charge on any atom is 0.269 e. The smallest absolute Gasteiger partial charge is 0.269 e. The van der Waals surface area contributed by atoms with Crippen LogP contribution in [0.2, 0.25) is 0 Å². The lowest BCUT2D eigenvalue weighted by Crippen LogP contribution is -2.30. The highest BCUT2D eigenvalue weighted by Crippen LogP contribution is 2.26. The van der Waals surface area contributed by atoms with Crippen LogP contribution in [0, 0.1) is 13.8 Å². The summed E-state index contributed by atoms with van der Waals surface area (Å²) in [5.41, 5.74) is 5.94. The number of nitrogens with zero attached hydrogens (tertiary/aromatic N) is 1. The second kappa shape index (κ2) is 4.39. The fourth-order valence-corrected chi connectivity index (χ4v) is 1.81. The van der Waals surface area contributed by atoms with Crippen LogP contribution in [0.3, 0.4) is 0 Å². The van der Waals surface area contributed by atoms with E-state index in [4.69, 9.17) is 5.84 Å². The zero-order valence-electron chi connectivity index (χ0n) is 9.74. The number of hydrazine groups is 1. The van der Waals surface area contributed by atoms with Gasteiger partial charge in [0.2, 0.25) is 0 Å². The second-order valence-corrected chi connectivity index (χ2v) is 3.86. The topological polar surface area (TPSA) is 83.8 Å². The molecule has 0 bridgehead atoms. The summed E-state index contributed by atoms with van der Waals surface area (Å²) in [6.07, 6.45) is 0. The number of nitrogens with one attached hydrogen (secondary N) is 2. The highest BCUT2D eigenvalue weighted by Gasteiger charge is 2.19. The van der Waals surface area contributed by atoms with Gasteiger partial charge < -0.3 is 0 Å². The van der Waals surface area contributed by atoms with E-state index in [1.165, 1.54) is 0 Å². The number of carbonyl (C=O) groups is 1. The quantitative estimate of drug-likeness (QED) is 0.413. The minimum absolute atomic E-state index is 0.338. The van der Waals surface area contributed by atoms with Gasteiger partial charge in [0, 0.05) is 11.3 Å². The van der Waals surface area contributed by atoms with Crippen molar-refractivity contribution < 1.29 is 4.79 Å². The fraction of sp³-hybridized carbons (Fsp3) is 0.167. The number of carbonyl (C=O) groups excluding carboxylic acids is 1. The van der Waals surface area contributed by atoms with E-state index in [-0.39, 0.29) is 5.91 Å². The number of aromatic nitrogens is 2. The first-order chi connectivity index (χ1) is 8.15. The Morgan fingerprint density at radius 1 is 1.35 bits per heavy atom. The molecule has 0 atom stereocenters. The van der Waals surface area contributed by atoms with Crippen molar-refractivity contribution in [1.82, 2.24) is 15.6 Å². The van der Waals surface area contributed by atoms with Crippen molar-refractivity contribution in [1.29, 1.82) is 0 Å². The standard InChI is InChI=1S/C12H14N4O/c1-7-5-3-4-6-9(7)11-10(12(17)14-13)8(2)15-16-11/h3-6H,13H2,1-2H3,(H,14,17)(H,15,16).